The Balaban J connectivity index is 2.10. The van der Waals surface area contributed by atoms with Gasteiger partial charge in [0.05, 0.1) is 0 Å². The van der Waals surface area contributed by atoms with Crippen molar-refractivity contribution in [3.8, 4) is 0 Å². The molecular weight excluding hydrogens is 320 g/mol. The zero-order chi connectivity index (χ0) is 13.4. The second kappa shape index (κ2) is 5.08. The van der Waals surface area contributed by atoms with Gasteiger partial charge in [-0.15, -0.1) is 11.3 Å². The van der Waals surface area contributed by atoms with Gasteiger partial charge in [0.15, 0.2) is 0 Å². The molecule has 0 saturated carbocycles. The zero-order valence-corrected chi connectivity index (χ0v) is 12.8. The van der Waals surface area contributed by atoms with Gasteiger partial charge in [0.2, 0.25) is 0 Å². The molecular formula is C16H13BrOS. The van der Waals surface area contributed by atoms with Crippen molar-refractivity contribution in [2.24, 2.45) is 0 Å². The van der Waals surface area contributed by atoms with Crippen LogP contribution in [0.4, 0.5) is 0 Å². The number of aryl methyl sites for hydroxylation is 1. The van der Waals surface area contributed by atoms with Crippen LogP contribution in [0.1, 0.15) is 22.8 Å². The predicted octanol–water partition coefficient (Wildman–Crippen LogP) is 5.05. The topological polar surface area (TPSA) is 20.2 Å². The fourth-order valence-electron chi connectivity index (χ4n) is 2.32. The molecule has 0 saturated heterocycles. The van der Waals surface area contributed by atoms with Crippen LogP contribution in [0.15, 0.2) is 52.3 Å². The molecule has 0 aliphatic heterocycles. The monoisotopic (exact) mass is 332 g/mol. The smallest absolute Gasteiger partial charge is 0.106 e. The third-order valence-electron chi connectivity index (χ3n) is 3.33. The summed E-state index contributed by atoms with van der Waals surface area (Å²) in [6, 6.07) is 14.2. The van der Waals surface area contributed by atoms with Crippen molar-refractivity contribution in [2.75, 3.05) is 0 Å². The maximum absolute atomic E-state index is 10.6. The number of hydrogen-bond acceptors (Lipinski definition) is 2. The largest absolute Gasteiger partial charge is 0.384 e. The second-order valence-corrected chi connectivity index (χ2v) is 6.42. The highest BCUT2D eigenvalue weighted by atomic mass is 79.9. The Labute approximate surface area is 124 Å². The van der Waals surface area contributed by atoms with Gasteiger partial charge in [-0.2, -0.15) is 0 Å². The standard InChI is InChI=1S/C16H13BrOS/c1-10-8-11(17)6-7-12(10)16(18)14-9-19-15-5-3-2-4-13(14)15/h2-9,16,18H,1H3. The van der Waals surface area contributed by atoms with Gasteiger partial charge in [0.1, 0.15) is 6.10 Å². The van der Waals surface area contributed by atoms with Gasteiger partial charge in [-0.3, -0.25) is 0 Å². The predicted molar refractivity (Wildman–Crippen MR) is 84.8 cm³/mol. The van der Waals surface area contributed by atoms with Gasteiger partial charge in [0.25, 0.3) is 0 Å². The quantitative estimate of drug-likeness (QED) is 0.695. The van der Waals surface area contributed by atoms with Crippen molar-refractivity contribution < 1.29 is 5.11 Å². The summed E-state index contributed by atoms with van der Waals surface area (Å²) < 4.78 is 2.25. The van der Waals surface area contributed by atoms with Gasteiger partial charge in [-0.25, -0.2) is 0 Å². The van der Waals surface area contributed by atoms with Crippen LogP contribution in [0.25, 0.3) is 10.1 Å². The maximum atomic E-state index is 10.6. The summed E-state index contributed by atoms with van der Waals surface area (Å²) in [5.41, 5.74) is 3.05. The summed E-state index contributed by atoms with van der Waals surface area (Å²) >= 11 is 5.13. The van der Waals surface area contributed by atoms with Crippen LogP contribution in [-0.4, -0.2) is 5.11 Å². The van der Waals surface area contributed by atoms with Gasteiger partial charge >= 0.3 is 0 Å². The number of fused-ring (bicyclic) bond motifs is 1. The summed E-state index contributed by atoms with van der Waals surface area (Å²) in [5.74, 6) is 0. The first-order valence-corrected chi connectivity index (χ1v) is 7.74. The highest BCUT2D eigenvalue weighted by Crippen LogP contribution is 2.34. The van der Waals surface area contributed by atoms with E-state index in [4.69, 9.17) is 0 Å². The Kier molecular flexibility index (Phi) is 3.44. The molecule has 1 N–H and O–H groups in total. The lowest BCUT2D eigenvalue weighted by Crippen LogP contribution is -2.01. The first-order valence-electron chi connectivity index (χ1n) is 6.07. The SMILES string of the molecule is Cc1cc(Br)ccc1C(O)c1csc2ccccc12. The highest BCUT2D eigenvalue weighted by Gasteiger charge is 2.16. The summed E-state index contributed by atoms with van der Waals surface area (Å²) in [6.07, 6.45) is -0.566. The Hall–Kier alpha value is -1.16. The Morgan fingerprint density at radius 1 is 1.11 bits per heavy atom. The van der Waals surface area contributed by atoms with Gasteiger partial charge in [-0.05, 0) is 47.0 Å². The number of hydrogen-bond donors (Lipinski definition) is 1. The first kappa shape index (κ1) is 12.9. The van der Waals surface area contributed by atoms with E-state index >= 15 is 0 Å². The first-order chi connectivity index (χ1) is 9.16. The minimum atomic E-state index is -0.566. The molecule has 2 aromatic carbocycles. The second-order valence-electron chi connectivity index (χ2n) is 4.59. The molecule has 19 heavy (non-hydrogen) atoms. The van der Waals surface area contributed by atoms with E-state index in [9.17, 15) is 5.11 Å². The van der Waals surface area contributed by atoms with Crippen LogP contribution < -0.4 is 0 Å². The Bertz CT molecular complexity index is 732. The average Bonchev–Trinajstić information content (AvgIpc) is 2.82. The van der Waals surface area contributed by atoms with Gasteiger partial charge in [0, 0.05) is 14.7 Å². The van der Waals surface area contributed by atoms with Crippen molar-refractivity contribution in [1.29, 1.82) is 0 Å². The lowest BCUT2D eigenvalue weighted by molar-refractivity contribution is 0.221. The van der Waals surface area contributed by atoms with E-state index in [1.807, 2.05) is 37.3 Å². The molecule has 1 unspecified atom stereocenters. The molecule has 3 heteroatoms. The summed E-state index contributed by atoms with van der Waals surface area (Å²) in [4.78, 5) is 0. The summed E-state index contributed by atoms with van der Waals surface area (Å²) in [7, 11) is 0. The van der Waals surface area contributed by atoms with Crippen molar-refractivity contribution in [3.63, 3.8) is 0 Å². The molecule has 0 aliphatic rings. The molecule has 0 bridgehead atoms. The van der Waals surface area contributed by atoms with Gasteiger partial charge < -0.3 is 5.11 Å². The molecule has 0 fully saturated rings. The number of aliphatic hydroxyl groups is 1. The number of halogens is 1. The van der Waals surface area contributed by atoms with Crippen molar-refractivity contribution in [2.45, 2.75) is 13.0 Å². The zero-order valence-electron chi connectivity index (χ0n) is 10.4. The van der Waals surface area contributed by atoms with Crippen molar-refractivity contribution in [1.82, 2.24) is 0 Å². The third kappa shape index (κ3) is 2.34. The molecule has 0 amide bonds. The van der Waals surface area contributed by atoms with Crippen molar-refractivity contribution in [3.05, 3.63) is 69.0 Å². The normalized spacial score (nSPS) is 12.8. The fraction of sp³-hybridized carbons (Fsp3) is 0.125. The van der Waals surface area contributed by atoms with Crippen LogP contribution in [-0.2, 0) is 0 Å². The van der Waals surface area contributed by atoms with Crippen LogP contribution in [0, 0.1) is 6.92 Å². The Morgan fingerprint density at radius 3 is 2.68 bits per heavy atom. The molecule has 0 aliphatic carbocycles. The summed E-state index contributed by atoms with van der Waals surface area (Å²) in [6.45, 7) is 2.03. The van der Waals surface area contributed by atoms with E-state index in [2.05, 4.69) is 33.4 Å². The van der Waals surface area contributed by atoms with Crippen molar-refractivity contribution >= 4 is 37.4 Å². The van der Waals surface area contributed by atoms with Crippen LogP contribution in [0.2, 0.25) is 0 Å². The molecule has 0 radical (unpaired) electrons. The molecule has 96 valence electrons. The molecule has 3 aromatic rings. The van der Waals surface area contributed by atoms with E-state index in [0.29, 0.717) is 0 Å². The van der Waals surface area contributed by atoms with E-state index < -0.39 is 6.10 Å². The minimum absolute atomic E-state index is 0.566. The van der Waals surface area contributed by atoms with E-state index in [1.165, 1.54) is 4.70 Å². The number of thiophene rings is 1. The van der Waals surface area contributed by atoms with E-state index in [1.54, 1.807) is 11.3 Å². The lowest BCUT2D eigenvalue weighted by atomic mass is 9.97. The lowest BCUT2D eigenvalue weighted by Gasteiger charge is -2.13. The van der Waals surface area contributed by atoms with E-state index in [0.717, 1.165) is 26.5 Å². The maximum Gasteiger partial charge on any atom is 0.106 e. The number of aliphatic hydroxyl groups excluding tert-OH is 1. The number of rotatable bonds is 2. The number of benzene rings is 2. The molecule has 1 atom stereocenters. The van der Waals surface area contributed by atoms with E-state index in [-0.39, 0.29) is 0 Å². The molecule has 1 nitrogen and oxygen atoms in total. The molecule has 1 heterocycles. The van der Waals surface area contributed by atoms with Crippen LogP contribution in [0.3, 0.4) is 0 Å². The average molecular weight is 333 g/mol. The minimum Gasteiger partial charge on any atom is -0.384 e. The van der Waals surface area contributed by atoms with Gasteiger partial charge in [-0.1, -0.05) is 40.2 Å². The molecule has 0 spiro atoms. The fourth-order valence-corrected chi connectivity index (χ4v) is 3.78. The molecule has 1 aromatic heterocycles. The highest BCUT2D eigenvalue weighted by molar-refractivity contribution is 9.10. The Morgan fingerprint density at radius 2 is 1.89 bits per heavy atom. The van der Waals surface area contributed by atoms with Crippen LogP contribution >= 0.6 is 27.3 Å². The molecule has 3 rings (SSSR count). The van der Waals surface area contributed by atoms with Crippen LogP contribution in [0.5, 0.6) is 0 Å². The summed E-state index contributed by atoms with van der Waals surface area (Å²) in [5, 5.41) is 13.8. The third-order valence-corrected chi connectivity index (χ3v) is 4.81.